The molecule has 0 aliphatic rings. The summed E-state index contributed by atoms with van der Waals surface area (Å²) in [6.45, 7) is 0.606. The zero-order valence-electron chi connectivity index (χ0n) is 7.13. The smallest absolute Gasteiger partial charge is 0.124 e. The number of hydrogen-bond acceptors (Lipinski definition) is 1. The van der Waals surface area contributed by atoms with Crippen LogP contribution in [0.3, 0.4) is 0 Å². The molecule has 0 aliphatic carbocycles. The van der Waals surface area contributed by atoms with Crippen molar-refractivity contribution in [2.24, 2.45) is 5.73 Å². The highest BCUT2D eigenvalue weighted by Gasteiger charge is 1.97. The third-order valence-electron chi connectivity index (χ3n) is 1.59. The van der Waals surface area contributed by atoms with Crippen LogP contribution in [0.4, 0.5) is 4.39 Å². The van der Waals surface area contributed by atoms with Crippen LogP contribution >= 0.6 is 11.6 Å². The summed E-state index contributed by atoms with van der Waals surface area (Å²) in [4.78, 5) is 0. The van der Waals surface area contributed by atoms with Gasteiger partial charge in [0.15, 0.2) is 0 Å². The Bertz CT molecular complexity index is 310. The molecule has 0 atom stereocenters. The summed E-state index contributed by atoms with van der Waals surface area (Å²) in [7, 11) is 0. The van der Waals surface area contributed by atoms with Gasteiger partial charge in [-0.1, -0.05) is 29.8 Å². The van der Waals surface area contributed by atoms with Crippen molar-refractivity contribution < 1.29 is 4.39 Å². The fourth-order valence-electron chi connectivity index (χ4n) is 0.943. The van der Waals surface area contributed by atoms with E-state index in [4.69, 9.17) is 17.3 Å². The molecular formula is C10H11ClFN. The lowest BCUT2D eigenvalue weighted by molar-refractivity contribution is 0.628. The molecule has 0 saturated heterocycles. The summed E-state index contributed by atoms with van der Waals surface area (Å²) in [5.74, 6) is -0.319. The molecule has 0 aromatic heterocycles. The van der Waals surface area contributed by atoms with Gasteiger partial charge < -0.3 is 5.73 Å². The molecule has 0 unspecified atom stereocenters. The van der Waals surface area contributed by atoms with Crippen LogP contribution in [0, 0.1) is 5.82 Å². The first kappa shape index (κ1) is 10.2. The highest BCUT2D eigenvalue weighted by Crippen LogP contribution is 2.18. The zero-order valence-corrected chi connectivity index (χ0v) is 7.89. The maximum absolute atomic E-state index is 12.6. The van der Waals surface area contributed by atoms with Gasteiger partial charge in [0.2, 0.25) is 0 Å². The van der Waals surface area contributed by atoms with Crippen LogP contribution in [0.25, 0.3) is 6.08 Å². The maximum atomic E-state index is 12.6. The molecule has 0 saturated carbocycles. The second-order valence-electron chi connectivity index (χ2n) is 2.65. The monoisotopic (exact) mass is 199 g/mol. The van der Waals surface area contributed by atoms with Crippen molar-refractivity contribution in [3.8, 4) is 0 Å². The molecule has 0 aliphatic heterocycles. The minimum atomic E-state index is -0.319. The van der Waals surface area contributed by atoms with Crippen molar-refractivity contribution in [2.45, 2.75) is 6.42 Å². The Morgan fingerprint density at radius 1 is 1.46 bits per heavy atom. The molecule has 1 aromatic rings. The minimum Gasteiger partial charge on any atom is -0.330 e. The van der Waals surface area contributed by atoms with Gasteiger partial charge in [0.05, 0.1) is 5.02 Å². The van der Waals surface area contributed by atoms with E-state index in [-0.39, 0.29) is 5.82 Å². The molecule has 0 spiro atoms. The molecule has 1 aromatic carbocycles. The summed E-state index contributed by atoms with van der Waals surface area (Å²) >= 11 is 5.79. The van der Waals surface area contributed by atoms with Crippen LogP contribution < -0.4 is 5.73 Å². The third kappa shape index (κ3) is 3.17. The number of rotatable bonds is 3. The predicted octanol–water partition coefficient (Wildman–Crippen LogP) is 2.84. The summed E-state index contributed by atoms with van der Waals surface area (Å²) in [6, 6.07) is 4.32. The van der Waals surface area contributed by atoms with Gasteiger partial charge in [0.25, 0.3) is 0 Å². The minimum absolute atomic E-state index is 0.319. The molecule has 1 nitrogen and oxygen atoms in total. The van der Waals surface area contributed by atoms with E-state index in [2.05, 4.69) is 0 Å². The molecule has 13 heavy (non-hydrogen) atoms. The van der Waals surface area contributed by atoms with Crippen LogP contribution in [0.2, 0.25) is 5.02 Å². The molecule has 70 valence electrons. The van der Waals surface area contributed by atoms with Crippen molar-refractivity contribution in [1.82, 2.24) is 0 Å². The predicted molar refractivity (Wildman–Crippen MR) is 54.1 cm³/mol. The quantitative estimate of drug-likeness (QED) is 0.796. The first-order valence-corrected chi connectivity index (χ1v) is 4.43. The maximum Gasteiger partial charge on any atom is 0.124 e. The van der Waals surface area contributed by atoms with Gasteiger partial charge in [-0.3, -0.25) is 0 Å². The SMILES string of the molecule is NCCC=Cc1ccc(F)cc1Cl. The largest absolute Gasteiger partial charge is 0.330 e. The van der Waals surface area contributed by atoms with Crippen molar-refractivity contribution in [3.05, 3.63) is 40.7 Å². The summed E-state index contributed by atoms with van der Waals surface area (Å²) in [5.41, 5.74) is 6.13. The van der Waals surface area contributed by atoms with Gasteiger partial charge in [-0.25, -0.2) is 4.39 Å². The van der Waals surface area contributed by atoms with Gasteiger partial charge in [-0.05, 0) is 30.7 Å². The average molecular weight is 200 g/mol. The molecule has 3 heteroatoms. The molecule has 0 bridgehead atoms. The normalized spacial score (nSPS) is 11.0. The average Bonchev–Trinajstić information content (AvgIpc) is 2.09. The topological polar surface area (TPSA) is 26.0 Å². The van der Waals surface area contributed by atoms with Gasteiger partial charge >= 0.3 is 0 Å². The van der Waals surface area contributed by atoms with Crippen LogP contribution in [-0.4, -0.2) is 6.54 Å². The summed E-state index contributed by atoms with van der Waals surface area (Å²) in [5, 5.41) is 0.424. The van der Waals surface area contributed by atoms with Crippen molar-refractivity contribution >= 4 is 17.7 Å². The number of halogens is 2. The van der Waals surface area contributed by atoms with E-state index in [0.717, 1.165) is 12.0 Å². The number of nitrogens with two attached hydrogens (primary N) is 1. The van der Waals surface area contributed by atoms with Crippen LogP contribution in [0.5, 0.6) is 0 Å². The van der Waals surface area contributed by atoms with E-state index in [9.17, 15) is 4.39 Å². The van der Waals surface area contributed by atoms with E-state index in [0.29, 0.717) is 11.6 Å². The van der Waals surface area contributed by atoms with E-state index < -0.39 is 0 Å². The fourth-order valence-corrected chi connectivity index (χ4v) is 1.17. The van der Waals surface area contributed by atoms with E-state index >= 15 is 0 Å². The van der Waals surface area contributed by atoms with Crippen LogP contribution in [-0.2, 0) is 0 Å². The van der Waals surface area contributed by atoms with Gasteiger partial charge in [-0.2, -0.15) is 0 Å². The van der Waals surface area contributed by atoms with E-state index in [1.165, 1.54) is 12.1 Å². The lowest BCUT2D eigenvalue weighted by Crippen LogP contribution is -1.94. The molecule has 2 N–H and O–H groups in total. The molecule has 0 amide bonds. The van der Waals surface area contributed by atoms with E-state index in [1.54, 1.807) is 6.07 Å². The van der Waals surface area contributed by atoms with Gasteiger partial charge in [0.1, 0.15) is 5.82 Å². The second kappa shape index (κ2) is 5.00. The van der Waals surface area contributed by atoms with Crippen molar-refractivity contribution in [3.63, 3.8) is 0 Å². The number of hydrogen-bond donors (Lipinski definition) is 1. The first-order valence-electron chi connectivity index (χ1n) is 4.05. The Kier molecular flexibility index (Phi) is 3.93. The molecule has 0 fully saturated rings. The zero-order chi connectivity index (χ0) is 9.68. The van der Waals surface area contributed by atoms with Crippen molar-refractivity contribution in [1.29, 1.82) is 0 Å². The highest BCUT2D eigenvalue weighted by atomic mass is 35.5. The molecular weight excluding hydrogens is 189 g/mol. The van der Waals surface area contributed by atoms with Crippen LogP contribution in [0.1, 0.15) is 12.0 Å². The Hall–Kier alpha value is -0.860. The lowest BCUT2D eigenvalue weighted by atomic mass is 10.2. The standard InChI is InChI=1S/C10H11ClFN/c11-10-7-9(12)5-4-8(10)3-1-2-6-13/h1,3-5,7H,2,6,13H2. The van der Waals surface area contributed by atoms with Gasteiger partial charge in [-0.15, -0.1) is 0 Å². The Labute approximate surface area is 82.0 Å². The first-order chi connectivity index (χ1) is 6.24. The summed E-state index contributed by atoms with van der Waals surface area (Å²) < 4.78 is 12.6. The van der Waals surface area contributed by atoms with Crippen LogP contribution in [0.15, 0.2) is 24.3 Å². The Morgan fingerprint density at radius 3 is 2.85 bits per heavy atom. The molecule has 0 heterocycles. The Balaban J connectivity index is 2.77. The highest BCUT2D eigenvalue weighted by molar-refractivity contribution is 6.32. The number of benzene rings is 1. The lowest BCUT2D eigenvalue weighted by Gasteiger charge is -1.97. The fraction of sp³-hybridized carbons (Fsp3) is 0.200. The molecule has 0 radical (unpaired) electrons. The Morgan fingerprint density at radius 2 is 2.23 bits per heavy atom. The third-order valence-corrected chi connectivity index (χ3v) is 1.92. The van der Waals surface area contributed by atoms with E-state index in [1.807, 2.05) is 12.2 Å². The second-order valence-corrected chi connectivity index (χ2v) is 3.05. The summed E-state index contributed by atoms with van der Waals surface area (Å²) in [6.07, 6.45) is 4.56. The molecule has 1 rings (SSSR count). The van der Waals surface area contributed by atoms with Crippen molar-refractivity contribution in [2.75, 3.05) is 6.54 Å². The van der Waals surface area contributed by atoms with Gasteiger partial charge in [0, 0.05) is 0 Å².